The number of rotatable bonds is 8. The van der Waals surface area contributed by atoms with Crippen molar-refractivity contribution in [3.05, 3.63) is 41.1 Å². The first kappa shape index (κ1) is 24.4. The van der Waals surface area contributed by atoms with Gasteiger partial charge >= 0.3 is 18.1 Å². The number of urea groups is 1. The molecule has 0 aromatic heterocycles. The second kappa shape index (κ2) is 11.6. The van der Waals surface area contributed by atoms with Crippen LogP contribution in [0.3, 0.4) is 0 Å². The molecular weight excluding hydrogens is 428 g/mol. The van der Waals surface area contributed by atoms with Crippen molar-refractivity contribution in [2.45, 2.75) is 26.8 Å². The molecule has 10 heteroatoms. The maximum absolute atomic E-state index is 12.9. The molecule has 3 amide bonds. The highest BCUT2D eigenvalue weighted by atomic mass is 16.6. The molecular formula is C23H32N4O6. The number of amides is 3. The van der Waals surface area contributed by atoms with Crippen molar-refractivity contribution < 1.29 is 28.6 Å². The summed E-state index contributed by atoms with van der Waals surface area (Å²) in [5, 5.41) is 5.64. The Morgan fingerprint density at radius 2 is 1.64 bits per heavy atom. The minimum absolute atomic E-state index is 0.220. The van der Waals surface area contributed by atoms with Crippen LogP contribution in [0, 0.1) is 0 Å². The third-order valence-corrected chi connectivity index (χ3v) is 5.45. The minimum atomic E-state index is -0.649. The first-order valence-corrected chi connectivity index (χ1v) is 11.3. The summed E-state index contributed by atoms with van der Waals surface area (Å²) in [5.41, 5.74) is 1.62. The van der Waals surface area contributed by atoms with E-state index in [9.17, 15) is 14.4 Å². The number of hydrogen-bond acceptors (Lipinski definition) is 7. The van der Waals surface area contributed by atoms with Gasteiger partial charge in [-0.1, -0.05) is 12.1 Å². The van der Waals surface area contributed by atoms with E-state index in [1.165, 1.54) is 0 Å². The molecule has 0 saturated carbocycles. The van der Waals surface area contributed by atoms with Crippen LogP contribution in [-0.2, 0) is 14.3 Å². The molecule has 2 aliphatic heterocycles. The Bertz CT molecular complexity index is 877. The van der Waals surface area contributed by atoms with Gasteiger partial charge in [0.1, 0.15) is 5.75 Å². The lowest BCUT2D eigenvalue weighted by molar-refractivity contribution is -0.139. The van der Waals surface area contributed by atoms with Crippen LogP contribution in [0.15, 0.2) is 35.5 Å². The predicted octanol–water partition coefficient (Wildman–Crippen LogP) is 2.03. The highest BCUT2D eigenvalue weighted by Crippen LogP contribution is 2.29. The Morgan fingerprint density at radius 3 is 2.24 bits per heavy atom. The van der Waals surface area contributed by atoms with Crippen molar-refractivity contribution in [3.63, 3.8) is 0 Å². The lowest BCUT2D eigenvalue weighted by Gasteiger charge is -2.36. The van der Waals surface area contributed by atoms with Gasteiger partial charge in [-0.3, -0.25) is 4.90 Å². The molecule has 0 unspecified atom stereocenters. The van der Waals surface area contributed by atoms with E-state index < -0.39 is 12.0 Å². The average Bonchev–Trinajstić information content (AvgIpc) is 2.80. The van der Waals surface area contributed by atoms with E-state index in [0.29, 0.717) is 63.0 Å². The van der Waals surface area contributed by atoms with Crippen molar-refractivity contribution >= 4 is 18.1 Å². The van der Waals surface area contributed by atoms with Crippen LogP contribution >= 0.6 is 0 Å². The fourth-order valence-electron chi connectivity index (χ4n) is 3.89. The molecule has 2 heterocycles. The number of benzene rings is 1. The van der Waals surface area contributed by atoms with Gasteiger partial charge < -0.3 is 29.7 Å². The average molecular weight is 461 g/mol. The molecule has 33 heavy (non-hydrogen) atoms. The molecule has 1 fully saturated rings. The summed E-state index contributed by atoms with van der Waals surface area (Å²) in [4.78, 5) is 41.1. The summed E-state index contributed by atoms with van der Waals surface area (Å²) in [5.74, 6) is 0.229. The SMILES string of the molecule is CCOC(=O)C1=C(CN2CCN(C(=O)OCC)CC2)NC(=O)N[C@H]1c1ccc(OCC)cc1. The molecule has 10 nitrogen and oxygen atoms in total. The Kier molecular flexibility index (Phi) is 8.53. The third-order valence-electron chi connectivity index (χ3n) is 5.45. The molecule has 2 aliphatic rings. The first-order valence-electron chi connectivity index (χ1n) is 11.3. The minimum Gasteiger partial charge on any atom is -0.494 e. The van der Waals surface area contributed by atoms with Gasteiger partial charge in [0.05, 0.1) is 31.4 Å². The maximum Gasteiger partial charge on any atom is 0.409 e. The predicted molar refractivity (Wildman–Crippen MR) is 121 cm³/mol. The van der Waals surface area contributed by atoms with Crippen molar-refractivity contribution in [1.82, 2.24) is 20.4 Å². The standard InChI is InChI=1S/C23H32N4O6/c1-4-31-17-9-7-16(8-10-17)20-19(21(28)32-5-2)18(24-22(29)25-20)15-26-11-13-27(14-12-26)23(30)33-6-3/h7-10,20H,4-6,11-15H2,1-3H3,(H2,24,25,29)/t20-/m0/s1. The van der Waals surface area contributed by atoms with Gasteiger partial charge in [-0.15, -0.1) is 0 Å². The maximum atomic E-state index is 12.9. The van der Waals surface area contributed by atoms with Crippen molar-refractivity contribution in [2.75, 3.05) is 52.5 Å². The number of esters is 1. The first-order chi connectivity index (χ1) is 16.0. The van der Waals surface area contributed by atoms with Gasteiger partial charge in [-0.05, 0) is 38.5 Å². The summed E-state index contributed by atoms with van der Waals surface area (Å²) < 4.78 is 15.9. The van der Waals surface area contributed by atoms with Crippen molar-refractivity contribution in [2.24, 2.45) is 0 Å². The largest absolute Gasteiger partial charge is 0.494 e. The zero-order valence-electron chi connectivity index (χ0n) is 19.4. The molecule has 1 aromatic rings. The molecule has 1 atom stereocenters. The van der Waals surface area contributed by atoms with E-state index in [0.717, 1.165) is 5.56 Å². The van der Waals surface area contributed by atoms with E-state index in [4.69, 9.17) is 14.2 Å². The summed E-state index contributed by atoms with van der Waals surface area (Å²) in [6, 6.07) is 6.24. The second-order valence-electron chi connectivity index (χ2n) is 7.61. The van der Waals surface area contributed by atoms with Crippen LogP contribution < -0.4 is 15.4 Å². The molecule has 2 N–H and O–H groups in total. The normalized spacial score (nSPS) is 18.9. The van der Waals surface area contributed by atoms with E-state index in [-0.39, 0.29) is 18.7 Å². The van der Waals surface area contributed by atoms with Crippen molar-refractivity contribution in [3.8, 4) is 5.75 Å². The molecule has 3 rings (SSSR count). The number of carbonyl (C=O) groups is 3. The molecule has 1 saturated heterocycles. The molecule has 0 bridgehead atoms. The van der Waals surface area contributed by atoms with Gasteiger partial charge in [-0.2, -0.15) is 0 Å². The summed E-state index contributed by atoms with van der Waals surface area (Å²) >= 11 is 0. The summed E-state index contributed by atoms with van der Waals surface area (Å²) in [6.45, 7) is 9.08. The number of carbonyl (C=O) groups excluding carboxylic acids is 3. The Morgan fingerprint density at radius 1 is 0.970 bits per heavy atom. The number of nitrogens with one attached hydrogen (secondary N) is 2. The van der Waals surface area contributed by atoms with Gasteiger partial charge in [0.15, 0.2) is 0 Å². The third kappa shape index (κ3) is 6.16. The Balaban J connectivity index is 1.82. The summed E-state index contributed by atoms with van der Waals surface area (Å²) in [7, 11) is 0. The summed E-state index contributed by atoms with van der Waals surface area (Å²) in [6.07, 6.45) is -0.325. The van der Waals surface area contributed by atoms with Crippen molar-refractivity contribution in [1.29, 1.82) is 0 Å². The highest BCUT2D eigenvalue weighted by Gasteiger charge is 2.35. The van der Waals surface area contributed by atoms with Crippen LogP contribution in [0.2, 0.25) is 0 Å². The quantitative estimate of drug-likeness (QED) is 0.571. The number of nitrogens with zero attached hydrogens (tertiary/aromatic N) is 2. The van der Waals surface area contributed by atoms with Gasteiger partial charge in [0.2, 0.25) is 0 Å². The highest BCUT2D eigenvalue weighted by molar-refractivity contribution is 5.95. The van der Waals surface area contributed by atoms with Crippen LogP contribution in [0.5, 0.6) is 5.75 Å². The molecule has 1 aromatic carbocycles. The van der Waals surface area contributed by atoms with Gasteiger partial charge in [0, 0.05) is 38.4 Å². The molecule has 0 radical (unpaired) electrons. The lowest BCUT2D eigenvalue weighted by Crippen LogP contribution is -2.52. The van der Waals surface area contributed by atoms with Crippen LogP contribution in [-0.4, -0.2) is 80.4 Å². The second-order valence-corrected chi connectivity index (χ2v) is 7.61. The van der Waals surface area contributed by atoms with E-state index in [1.807, 2.05) is 31.2 Å². The Hall–Kier alpha value is -3.27. The zero-order chi connectivity index (χ0) is 23.8. The lowest BCUT2D eigenvalue weighted by atomic mass is 9.94. The molecule has 180 valence electrons. The molecule has 0 spiro atoms. The van der Waals surface area contributed by atoms with Crippen LogP contribution in [0.4, 0.5) is 9.59 Å². The van der Waals surface area contributed by atoms with Crippen LogP contribution in [0.25, 0.3) is 0 Å². The fourth-order valence-corrected chi connectivity index (χ4v) is 3.89. The zero-order valence-corrected chi connectivity index (χ0v) is 19.4. The Labute approximate surface area is 193 Å². The monoisotopic (exact) mass is 460 g/mol. The van der Waals surface area contributed by atoms with E-state index >= 15 is 0 Å². The fraction of sp³-hybridized carbons (Fsp3) is 0.522. The van der Waals surface area contributed by atoms with Crippen LogP contribution in [0.1, 0.15) is 32.4 Å². The smallest absolute Gasteiger partial charge is 0.409 e. The number of hydrogen-bond donors (Lipinski definition) is 2. The number of ether oxygens (including phenoxy) is 3. The van der Waals surface area contributed by atoms with E-state index in [1.54, 1.807) is 18.7 Å². The molecule has 0 aliphatic carbocycles. The number of piperazine rings is 1. The van der Waals surface area contributed by atoms with Gasteiger partial charge in [0.25, 0.3) is 0 Å². The topological polar surface area (TPSA) is 109 Å². The van der Waals surface area contributed by atoms with E-state index in [2.05, 4.69) is 15.5 Å². The van der Waals surface area contributed by atoms with Gasteiger partial charge in [-0.25, -0.2) is 14.4 Å².